The summed E-state index contributed by atoms with van der Waals surface area (Å²) >= 11 is 0. The van der Waals surface area contributed by atoms with E-state index >= 15 is 0 Å². The van der Waals surface area contributed by atoms with Crippen LogP contribution in [0.2, 0.25) is 0 Å². The molecule has 2 N–H and O–H groups in total. The number of likely N-dealkylation sites (tertiary alicyclic amines) is 1. The van der Waals surface area contributed by atoms with Gasteiger partial charge in [-0.25, -0.2) is 0 Å². The number of benzene rings is 1. The Bertz CT molecular complexity index is 406. The van der Waals surface area contributed by atoms with Crippen LogP contribution in [0.15, 0.2) is 24.3 Å². The standard InChI is InChI=1S/C14H20N2O/c1-10-7-12(15)9-16(8-10)14(17)13-6-4-3-5-11(13)2/h3-6,10,12H,7-9,15H2,1-2H3. The Labute approximate surface area is 103 Å². The molecule has 3 nitrogen and oxygen atoms in total. The van der Waals surface area contributed by atoms with Crippen molar-refractivity contribution in [3.8, 4) is 0 Å². The maximum absolute atomic E-state index is 12.4. The first-order valence-corrected chi connectivity index (χ1v) is 6.18. The summed E-state index contributed by atoms with van der Waals surface area (Å²) in [4.78, 5) is 14.3. The van der Waals surface area contributed by atoms with Gasteiger partial charge in [0, 0.05) is 24.7 Å². The van der Waals surface area contributed by atoms with Crippen molar-refractivity contribution in [3.63, 3.8) is 0 Å². The van der Waals surface area contributed by atoms with Gasteiger partial charge >= 0.3 is 0 Å². The molecule has 1 saturated heterocycles. The normalized spacial score (nSPS) is 24.8. The molecular formula is C14H20N2O. The number of aryl methyl sites for hydroxylation is 1. The molecule has 2 rings (SSSR count). The molecule has 0 aliphatic carbocycles. The van der Waals surface area contributed by atoms with E-state index in [1.54, 1.807) is 0 Å². The third-order valence-electron chi connectivity index (χ3n) is 3.35. The molecule has 1 aromatic carbocycles. The summed E-state index contributed by atoms with van der Waals surface area (Å²) in [5.41, 5.74) is 7.81. The predicted octanol–water partition coefficient (Wildman–Crippen LogP) is 1.80. The minimum atomic E-state index is 0.116. The summed E-state index contributed by atoms with van der Waals surface area (Å²) in [7, 11) is 0. The lowest BCUT2D eigenvalue weighted by Gasteiger charge is -2.35. The smallest absolute Gasteiger partial charge is 0.254 e. The molecule has 3 heteroatoms. The van der Waals surface area contributed by atoms with Gasteiger partial charge in [0.05, 0.1) is 0 Å². The molecule has 0 radical (unpaired) electrons. The van der Waals surface area contributed by atoms with Gasteiger partial charge in [0.15, 0.2) is 0 Å². The van der Waals surface area contributed by atoms with Crippen LogP contribution < -0.4 is 5.73 Å². The van der Waals surface area contributed by atoms with E-state index in [4.69, 9.17) is 5.73 Å². The van der Waals surface area contributed by atoms with Crippen LogP contribution in [0.25, 0.3) is 0 Å². The molecule has 1 aromatic rings. The highest BCUT2D eigenvalue weighted by molar-refractivity contribution is 5.95. The van der Waals surface area contributed by atoms with E-state index in [1.807, 2.05) is 36.1 Å². The molecular weight excluding hydrogens is 212 g/mol. The van der Waals surface area contributed by atoms with Gasteiger partial charge in [0.25, 0.3) is 5.91 Å². The third-order valence-corrected chi connectivity index (χ3v) is 3.35. The van der Waals surface area contributed by atoms with Crippen molar-refractivity contribution >= 4 is 5.91 Å². The van der Waals surface area contributed by atoms with Gasteiger partial charge in [0.1, 0.15) is 0 Å². The highest BCUT2D eigenvalue weighted by Crippen LogP contribution is 2.18. The number of nitrogens with two attached hydrogens (primary N) is 1. The molecule has 1 amide bonds. The summed E-state index contributed by atoms with van der Waals surface area (Å²) in [5, 5.41) is 0. The van der Waals surface area contributed by atoms with E-state index in [2.05, 4.69) is 6.92 Å². The van der Waals surface area contributed by atoms with Crippen molar-refractivity contribution < 1.29 is 4.79 Å². The van der Waals surface area contributed by atoms with Gasteiger partial charge in [-0.3, -0.25) is 4.79 Å². The average molecular weight is 232 g/mol. The largest absolute Gasteiger partial charge is 0.337 e. The lowest BCUT2D eigenvalue weighted by Crippen LogP contribution is -2.48. The fourth-order valence-corrected chi connectivity index (χ4v) is 2.55. The Morgan fingerprint density at radius 1 is 1.35 bits per heavy atom. The Morgan fingerprint density at radius 2 is 2.06 bits per heavy atom. The Kier molecular flexibility index (Phi) is 3.48. The second-order valence-electron chi connectivity index (χ2n) is 5.13. The van der Waals surface area contributed by atoms with Crippen LogP contribution in [0, 0.1) is 12.8 Å². The van der Waals surface area contributed by atoms with E-state index in [0.29, 0.717) is 12.5 Å². The fourth-order valence-electron chi connectivity index (χ4n) is 2.55. The lowest BCUT2D eigenvalue weighted by atomic mass is 9.95. The summed E-state index contributed by atoms with van der Waals surface area (Å²) in [5.74, 6) is 0.608. The molecule has 2 atom stereocenters. The molecule has 92 valence electrons. The van der Waals surface area contributed by atoms with Crippen molar-refractivity contribution in [1.82, 2.24) is 4.90 Å². The van der Waals surface area contributed by atoms with Gasteiger partial charge < -0.3 is 10.6 Å². The quantitative estimate of drug-likeness (QED) is 0.802. The van der Waals surface area contributed by atoms with Gasteiger partial charge in [-0.15, -0.1) is 0 Å². The average Bonchev–Trinajstić information content (AvgIpc) is 2.27. The lowest BCUT2D eigenvalue weighted by molar-refractivity contribution is 0.0660. The molecule has 0 spiro atoms. The number of hydrogen-bond donors (Lipinski definition) is 1. The van der Waals surface area contributed by atoms with Crippen LogP contribution >= 0.6 is 0 Å². The maximum atomic E-state index is 12.4. The minimum Gasteiger partial charge on any atom is -0.337 e. The SMILES string of the molecule is Cc1ccccc1C(=O)N1CC(C)CC(N)C1. The number of piperidine rings is 1. The molecule has 0 bridgehead atoms. The molecule has 1 heterocycles. The molecule has 1 aliphatic heterocycles. The number of rotatable bonds is 1. The second kappa shape index (κ2) is 4.88. The molecule has 0 saturated carbocycles. The van der Waals surface area contributed by atoms with Crippen molar-refractivity contribution in [2.75, 3.05) is 13.1 Å². The van der Waals surface area contributed by atoms with Crippen molar-refractivity contribution in [2.45, 2.75) is 26.3 Å². The summed E-state index contributed by atoms with van der Waals surface area (Å²) in [6, 6.07) is 7.85. The fraction of sp³-hybridized carbons (Fsp3) is 0.500. The van der Waals surface area contributed by atoms with Gasteiger partial charge in [-0.2, -0.15) is 0 Å². The molecule has 17 heavy (non-hydrogen) atoms. The van der Waals surface area contributed by atoms with Crippen LogP contribution in [-0.4, -0.2) is 29.9 Å². The predicted molar refractivity (Wildman–Crippen MR) is 68.8 cm³/mol. The van der Waals surface area contributed by atoms with Crippen LogP contribution in [-0.2, 0) is 0 Å². The van der Waals surface area contributed by atoms with Crippen LogP contribution in [0.4, 0.5) is 0 Å². The Hall–Kier alpha value is -1.35. The van der Waals surface area contributed by atoms with Crippen LogP contribution in [0.5, 0.6) is 0 Å². The van der Waals surface area contributed by atoms with Crippen LogP contribution in [0.1, 0.15) is 29.3 Å². The first kappa shape index (κ1) is 12.1. The van der Waals surface area contributed by atoms with Gasteiger partial charge in [-0.1, -0.05) is 25.1 Å². The highest BCUT2D eigenvalue weighted by Gasteiger charge is 2.26. The van der Waals surface area contributed by atoms with Crippen molar-refractivity contribution in [1.29, 1.82) is 0 Å². The third kappa shape index (κ3) is 2.67. The number of hydrogen-bond acceptors (Lipinski definition) is 2. The minimum absolute atomic E-state index is 0.116. The zero-order valence-electron chi connectivity index (χ0n) is 10.5. The molecule has 2 unspecified atom stereocenters. The number of carbonyl (C=O) groups is 1. The van der Waals surface area contributed by atoms with Gasteiger partial charge in [-0.05, 0) is 30.9 Å². The Balaban J connectivity index is 2.17. The first-order valence-electron chi connectivity index (χ1n) is 6.18. The summed E-state index contributed by atoms with van der Waals surface area (Å²) in [6.45, 7) is 5.62. The van der Waals surface area contributed by atoms with E-state index < -0.39 is 0 Å². The van der Waals surface area contributed by atoms with Gasteiger partial charge in [0.2, 0.25) is 0 Å². The van der Waals surface area contributed by atoms with Crippen molar-refractivity contribution in [2.24, 2.45) is 11.7 Å². The zero-order chi connectivity index (χ0) is 12.4. The monoisotopic (exact) mass is 232 g/mol. The Morgan fingerprint density at radius 3 is 2.71 bits per heavy atom. The molecule has 1 aliphatic rings. The van der Waals surface area contributed by atoms with E-state index in [9.17, 15) is 4.79 Å². The van der Waals surface area contributed by atoms with Crippen molar-refractivity contribution in [3.05, 3.63) is 35.4 Å². The molecule has 0 aromatic heterocycles. The summed E-state index contributed by atoms with van der Waals surface area (Å²) in [6.07, 6.45) is 1.01. The first-order chi connectivity index (χ1) is 8.08. The van der Waals surface area contributed by atoms with E-state index in [1.165, 1.54) is 0 Å². The zero-order valence-corrected chi connectivity index (χ0v) is 10.5. The molecule has 1 fully saturated rings. The number of amides is 1. The second-order valence-corrected chi connectivity index (χ2v) is 5.13. The maximum Gasteiger partial charge on any atom is 0.254 e. The van der Waals surface area contributed by atoms with Crippen LogP contribution in [0.3, 0.4) is 0 Å². The number of nitrogens with zero attached hydrogens (tertiary/aromatic N) is 1. The highest BCUT2D eigenvalue weighted by atomic mass is 16.2. The number of carbonyl (C=O) groups excluding carboxylic acids is 1. The van der Waals surface area contributed by atoms with E-state index in [0.717, 1.165) is 24.1 Å². The summed E-state index contributed by atoms with van der Waals surface area (Å²) < 4.78 is 0. The topological polar surface area (TPSA) is 46.3 Å². The van der Waals surface area contributed by atoms with E-state index in [-0.39, 0.29) is 11.9 Å².